The highest BCUT2D eigenvalue weighted by Gasteiger charge is 2.40. The Morgan fingerprint density at radius 1 is 1.21 bits per heavy atom. The monoisotopic (exact) mass is 227 g/mol. The Bertz CT molecular complexity index is 169. The molecule has 4 N–H and O–H groups in total. The highest BCUT2D eigenvalue weighted by Crippen LogP contribution is 2.18. The van der Waals surface area contributed by atoms with Crippen molar-refractivity contribution in [3.8, 4) is 0 Å². The summed E-state index contributed by atoms with van der Waals surface area (Å²) in [6.45, 7) is 2.59. The molecule has 0 saturated carbocycles. The van der Waals surface area contributed by atoms with Crippen molar-refractivity contribution in [1.82, 2.24) is 4.90 Å². The molecule has 6 heteroatoms. The summed E-state index contributed by atoms with van der Waals surface area (Å²) in [6.07, 6.45) is -3.16. The average Bonchev–Trinajstić information content (AvgIpc) is 2.13. The summed E-state index contributed by atoms with van der Waals surface area (Å²) < 4.78 is 0. The normalized spacial score (nSPS) is 39.2. The standard InChI is InChI=1S/C8H17NO4.ClH/c1-2-9-3-6(11)8(13)7(12)5(9)4-10;/h5-8,10-13H,2-4H2,1H3;1H/t5?,6?,7-,8-;/m1./s1. The highest BCUT2D eigenvalue weighted by atomic mass is 35.5. The van der Waals surface area contributed by atoms with Crippen LogP contribution in [0.15, 0.2) is 0 Å². The van der Waals surface area contributed by atoms with Gasteiger partial charge < -0.3 is 20.4 Å². The number of hydrogen-bond acceptors (Lipinski definition) is 5. The maximum atomic E-state index is 9.50. The number of likely N-dealkylation sites (tertiary alicyclic amines) is 1. The van der Waals surface area contributed by atoms with Crippen LogP contribution < -0.4 is 0 Å². The smallest absolute Gasteiger partial charge is 0.109 e. The Kier molecular flexibility index (Phi) is 5.88. The second kappa shape index (κ2) is 5.85. The Hall–Kier alpha value is 0.0900. The molecule has 1 aliphatic rings. The van der Waals surface area contributed by atoms with Crippen LogP contribution >= 0.6 is 12.4 Å². The first-order valence-corrected chi connectivity index (χ1v) is 4.51. The number of nitrogens with zero attached hydrogens (tertiary/aromatic N) is 1. The summed E-state index contributed by atoms with van der Waals surface area (Å²) >= 11 is 0. The van der Waals surface area contributed by atoms with E-state index in [1.54, 1.807) is 4.90 Å². The largest absolute Gasteiger partial charge is 0.395 e. The third-order valence-electron chi connectivity index (χ3n) is 2.62. The highest BCUT2D eigenvalue weighted by molar-refractivity contribution is 5.85. The molecule has 0 spiro atoms. The van der Waals surface area contributed by atoms with Gasteiger partial charge in [0, 0.05) is 6.54 Å². The first-order chi connectivity index (χ1) is 6.11. The predicted octanol–water partition coefficient (Wildman–Crippen LogP) is -1.81. The molecule has 0 bridgehead atoms. The molecule has 1 aliphatic heterocycles. The molecular weight excluding hydrogens is 210 g/mol. The molecule has 4 atom stereocenters. The van der Waals surface area contributed by atoms with E-state index < -0.39 is 24.4 Å². The lowest BCUT2D eigenvalue weighted by molar-refractivity contribution is -0.143. The first kappa shape index (κ1) is 14.1. The third-order valence-corrected chi connectivity index (χ3v) is 2.62. The molecule has 1 rings (SSSR count). The number of likely N-dealkylation sites (N-methyl/N-ethyl adjacent to an activating group) is 1. The van der Waals surface area contributed by atoms with Crippen molar-refractivity contribution in [2.45, 2.75) is 31.3 Å². The van der Waals surface area contributed by atoms with E-state index >= 15 is 0 Å². The molecule has 0 aliphatic carbocycles. The van der Waals surface area contributed by atoms with Gasteiger partial charge in [-0.15, -0.1) is 12.4 Å². The van der Waals surface area contributed by atoms with E-state index in [0.29, 0.717) is 13.1 Å². The van der Waals surface area contributed by atoms with Gasteiger partial charge in [-0.1, -0.05) is 6.92 Å². The van der Waals surface area contributed by atoms with Crippen LogP contribution in [0.2, 0.25) is 0 Å². The van der Waals surface area contributed by atoms with Crippen LogP contribution in [0.3, 0.4) is 0 Å². The van der Waals surface area contributed by atoms with E-state index in [9.17, 15) is 15.3 Å². The number of halogens is 1. The number of rotatable bonds is 2. The molecule has 1 saturated heterocycles. The Balaban J connectivity index is 0.00000169. The summed E-state index contributed by atoms with van der Waals surface area (Å²) in [5.41, 5.74) is 0. The van der Waals surface area contributed by atoms with Gasteiger partial charge in [0.2, 0.25) is 0 Å². The molecule has 86 valence electrons. The number of piperidine rings is 1. The van der Waals surface area contributed by atoms with Gasteiger partial charge in [0.05, 0.1) is 18.8 Å². The fourth-order valence-electron chi connectivity index (χ4n) is 1.74. The average molecular weight is 228 g/mol. The van der Waals surface area contributed by atoms with Gasteiger partial charge in [-0.25, -0.2) is 0 Å². The molecule has 0 radical (unpaired) electrons. The van der Waals surface area contributed by atoms with Crippen LogP contribution in [0.1, 0.15) is 6.92 Å². The fourth-order valence-corrected chi connectivity index (χ4v) is 1.74. The van der Waals surface area contributed by atoms with Crippen LogP contribution in [-0.4, -0.2) is 69.4 Å². The molecule has 2 unspecified atom stereocenters. The van der Waals surface area contributed by atoms with E-state index in [-0.39, 0.29) is 19.0 Å². The minimum atomic E-state index is -1.15. The van der Waals surface area contributed by atoms with E-state index in [0.717, 1.165) is 0 Å². The molecule has 0 amide bonds. The lowest BCUT2D eigenvalue weighted by atomic mass is 9.94. The molecule has 0 aromatic rings. The van der Waals surface area contributed by atoms with E-state index in [4.69, 9.17) is 5.11 Å². The van der Waals surface area contributed by atoms with Crippen molar-refractivity contribution in [2.75, 3.05) is 19.7 Å². The van der Waals surface area contributed by atoms with Gasteiger partial charge in [0.15, 0.2) is 0 Å². The van der Waals surface area contributed by atoms with Gasteiger partial charge in [-0.05, 0) is 6.54 Å². The van der Waals surface area contributed by atoms with Crippen molar-refractivity contribution in [1.29, 1.82) is 0 Å². The van der Waals surface area contributed by atoms with Gasteiger partial charge in [-0.3, -0.25) is 4.90 Å². The van der Waals surface area contributed by atoms with Crippen molar-refractivity contribution in [3.05, 3.63) is 0 Å². The molecule has 0 aromatic heterocycles. The SMILES string of the molecule is CCN1CC(O)[C@@H](O)[C@H](O)C1CO.Cl. The predicted molar refractivity (Wildman–Crippen MR) is 53.4 cm³/mol. The van der Waals surface area contributed by atoms with Gasteiger partial charge in [-0.2, -0.15) is 0 Å². The van der Waals surface area contributed by atoms with Crippen LogP contribution in [0, 0.1) is 0 Å². The minimum Gasteiger partial charge on any atom is -0.395 e. The first-order valence-electron chi connectivity index (χ1n) is 4.51. The van der Waals surface area contributed by atoms with Crippen molar-refractivity contribution >= 4 is 12.4 Å². The summed E-state index contributed by atoms with van der Waals surface area (Å²) in [5.74, 6) is 0. The van der Waals surface area contributed by atoms with Gasteiger partial charge >= 0.3 is 0 Å². The Labute approximate surface area is 89.4 Å². The third kappa shape index (κ3) is 2.56. The van der Waals surface area contributed by atoms with Crippen molar-refractivity contribution in [3.63, 3.8) is 0 Å². The summed E-state index contributed by atoms with van der Waals surface area (Å²) in [7, 11) is 0. The van der Waals surface area contributed by atoms with E-state index in [2.05, 4.69) is 0 Å². The summed E-state index contributed by atoms with van der Waals surface area (Å²) in [4.78, 5) is 1.75. The van der Waals surface area contributed by atoms with Crippen LogP contribution in [0.4, 0.5) is 0 Å². The van der Waals surface area contributed by atoms with Gasteiger partial charge in [0.25, 0.3) is 0 Å². The summed E-state index contributed by atoms with van der Waals surface area (Å²) in [6, 6.07) is -0.469. The lowest BCUT2D eigenvalue weighted by Crippen LogP contribution is -2.62. The molecular formula is C8H18ClNO4. The zero-order chi connectivity index (χ0) is 10.0. The molecule has 0 aromatic carbocycles. The summed E-state index contributed by atoms with van der Waals surface area (Å²) in [5, 5.41) is 37.1. The zero-order valence-corrected chi connectivity index (χ0v) is 8.89. The quantitative estimate of drug-likeness (QED) is 0.447. The zero-order valence-electron chi connectivity index (χ0n) is 8.08. The second-order valence-corrected chi connectivity index (χ2v) is 3.39. The fraction of sp³-hybridized carbons (Fsp3) is 1.00. The van der Waals surface area contributed by atoms with Crippen LogP contribution in [0.5, 0.6) is 0 Å². The number of hydrogen-bond donors (Lipinski definition) is 4. The number of β-amino-alcohol motifs (C(OH)–C–C–N with tert-alkyl or cyclic N) is 1. The number of aliphatic hydroxyl groups excluding tert-OH is 4. The lowest BCUT2D eigenvalue weighted by Gasteiger charge is -2.42. The topological polar surface area (TPSA) is 84.2 Å². The van der Waals surface area contributed by atoms with Crippen molar-refractivity contribution < 1.29 is 20.4 Å². The second-order valence-electron chi connectivity index (χ2n) is 3.39. The molecule has 5 nitrogen and oxygen atoms in total. The molecule has 1 heterocycles. The Morgan fingerprint density at radius 3 is 2.21 bits per heavy atom. The maximum Gasteiger partial charge on any atom is 0.109 e. The maximum absolute atomic E-state index is 9.50. The van der Waals surface area contributed by atoms with Crippen LogP contribution in [0.25, 0.3) is 0 Å². The molecule has 1 fully saturated rings. The van der Waals surface area contributed by atoms with Gasteiger partial charge in [0.1, 0.15) is 12.2 Å². The van der Waals surface area contributed by atoms with Crippen LogP contribution in [-0.2, 0) is 0 Å². The Morgan fingerprint density at radius 2 is 1.79 bits per heavy atom. The van der Waals surface area contributed by atoms with E-state index in [1.807, 2.05) is 6.92 Å². The van der Waals surface area contributed by atoms with Crippen molar-refractivity contribution in [2.24, 2.45) is 0 Å². The minimum absolute atomic E-state index is 0. The van der Waals surface area contributed by atoms with E-state index in [1.165, 1.54) is 0 Å². The molecule has 14 heavy (non-hydrogen) atoms. The number of aliphatic hydroxyl groups is 4.